The summed E-state index contributed by atoms with van der Waals surface area (Å²) in [5, 5.41) is 10.5. The molecule has 0 bridgehead atoms. The van der Waals surface area contributed by atoms with Crippen LogP contribution < -0.4 is 16.3 Å². The molecule has 1 heterocycles. The normalized spacial score (nSPS) is 20.6. The first kappa shape index (κ1) is 24.8. The van der Waals surface area contributed by atoms with E-state index in [0.29, 0.717) is 53.1 Å². The summed E-state index contributed by atoms with van der Waals surface area (Å²) in [5.41, 5.74) is 7.92. The highest BCUT2D eigenvalue weighted by Gasteiger charge is 2.45. The van der Waals surface area contributed by atoms with E-state index in [4.69, 9.17) is 21.1 Å². The zero-order chi connectivity index (χ0) is 25.1. The van der Waals surface area contributed by atoms with E-state index in [-0.39, 0.29) is 24.8 Å². The van der Waals surface area contributed by atoms with Gasteiger partial charge in [-0.15, -0.1) is 0 Å². The molecule has 0 aliphatic heterocycles. The molecular formula is C25H35N5O5. The van der Waals surface area contributed by atoms with Gasteiger partial charge in [0.2, 0.25) is 0 Å². The summed E-state index contributed by atoms with van der Waals surface area (Å²) in [6.45, 7) is -0.0731. The van der Waals surface area contributed by atoms with Gasteiger partial charge in [-0.3, -0.25) is 4.98 Å². The van der Waals surface area contributed by atoms with Gasteiger partial charge in [0, 0.05) is 32.1 Å². The number of hydrogen-bond donors (Lipinski definition) is 3. The molecule has 0 radical (unpaired) electrons. The van der Waals surface area contributed by atoms with Crippen molar-refractivity contribution in [2.75, 3.05) is 20.7 Å². The van der Waals surface area contributed by atoms with Crippen LogP contribution in [0.2, 0.25) is 0 Å². The van der Waals surface area contributed by atoms with E-state index >= 15 is 0 Å². The van der Waals surface area contributed by atoms with E-state index in [2.05, 4.69) is 4.98 Å². The fourth-order valence-corrected chi connectivity index (χ4v) is 4.72. The minimum atomic E-state index is -0.911. The van der Waals surface area contributed by atoms with Crippen LogP contribution in [0.1, 0.15) is 50.6 Å². The number of carboxylic acid groups (broad SMARTS) is 1. The molecule has 3 aliphatic carbocycles. The van der Waals surface area contributed by atoms with Gasteiger partial charge in [-0.25, -0.2) is 15.4 Å². The second-order valence-corrected chi connectivity index (χ2v) is 9.74. The second-order valence-electron chi connectivity index (χ2n) is 9.74. The SMILES string of the molecule is CN(N)/C(COC(=O)N(C)C(C1CC1)C1CC1)=C(\N)c1ccc(OC2CCC=C(C(=O)O)C2)cn1. The summed E-state index contributed by atoms with van der Waals surface area (Å²) >= 11 is 0. The third kappa shape index (κ3) is 6.25. The van der Waals surface area contributed by atoms with Crippen molar-refractivity contribution in [1.82, 2.24) is 14.9 Å². The van der Waals surface area contributed by atoms with Gasteiger partial charge in [0.25, 0.3) is 0 Å². The largest absolute Gasteiger partial charge is 0.488 e. The van der Waals surface area contributed by atoms with Crippen LogP contribution in [-0.2, 0) is 9.53 Å². The Morgan fingerprint density at radius 2 is 1.86 bits per heavy atom. The number of nitrogens with zero attached hydrogens (tertiary/aromatic N) is 3. The van der Waals surface area contributed by atoms with Crippen molar-refractivity contribution in [2.24, 2.45) is 23.4 Å². The maximum absolute atomic E-state index is 12.7. The Morgan fingerprint density at radius 3 is 2.40 bits per heavy atom. The molecule has 0 aromatic carbocycles. The van der Waals surface area contributed by atoms with Crippen molar-refractivity contribution in [1.29, 1.82) is 0 Å². The van der Waals surface area contributed by atoms with Crippen LogP contribution in [0.25, 0.3) is 5.70 Å². The molecule has 1 amide bonds. The number of ether oxygens (including phenoxy) is 2. The molecule has 1 aromatic rings. The molecule has 1 atom stereocenters. The molecule has 4 rings (SSSR count). The van der Waals surface area contributed by atoms with Crippen LogP contribution in [0.5, 0.6) is 5.75 Å². The minimum Gasteiger partial charge on any atom is -0.488 e. The number of pyridine rings is 1. The smallest absolute Gasteiger partial charge is 0.410 e. The molecule has 190 valence electrons. The molecule has 1 unspecified atom stereocenters. The van der Waals surface area contributed by atoms with Gasteiger partial charge in [0.05, 0.1) is 23.3 Å². The van der Waals surface area contributed by atoms with Crippen LogP contribution in [0.3, 0.4) is 0 Å². The first-order valence-electron chi connectivity index (χ1n) is 12.2. The first-order valence-corrected chi connectivity index (χ1v) is 12.2. The van der Waals surface area contributed by atoms with Gasteiger partial charge in [-0.1, -0.05) is 6.08 Å². The van der Waals surface area contributed by atoms with Crippen LogP contribution in [0.15, 0.2) is 35.7 Å². The van der Waals surface area contributed by atoms with E-state index in [0.717, 1.165) is 6.42 Å². The number of carbonyl (C=O) groups excluding carboxylic acids is 1. The number of aliphatic carboxylic acids is 1. The molecule has 10 heteroatoms. The van der Waals surface area contributed by atoms with Gasteiger partial charge in [-0.05, 0) is 62.5 Å². The predicted octanol–water partition coefficient (Wildman–Crippen LogP) is 2.71. The van der Waals surface area contributed by atoms with Gasteiger partial charge in [-0.2, -0.15) is 0 Å². The maximum atomic E-state index is 12.7. The average Bonchev–Trinajstić information content (AvgIpc) is 3.75. The summed E-state index contributed by atoms with van der Waals surface area (Å²) in [6, 6.07) is 3.69. The fourth-order valence-electron chi connectivity index (χ4n) is 4.72. The topological polar surface area (TPSA) is 144 Å². The number of likely N-dealkylation sites (N-methyl/N-ethyl adjacent to an activating group) is 1. The Balaban J connectivity index is 1.37. The number of carbonyl (C=O) groups is 2. The molecule has 0 saturated heterocycles. The van der Waals surface area contributed by atoms with Crippen molar-refractivity contribution >= 4 is 17.8 Å². The summed E-state index contributed by atoms with van der Waals surface area (Å²) in [5.74, 6) is 6.78. The van der Waals surface area contributed by atoms with E-state index < -0.39 is 5.97 Å². The predicted molar refractivity (Wildman–Crippen MR) is 130 cm³/mol. The van der Waals surface area contributed by atoms with Gasteiger partial charge < -0.3 is 30.2 Å². The number of hydrazine groups is 1. The zero-order valence-electron chi connectivity index (χ0n) is 20.4. The number of hydrogen-bond acceptors (Lipinski definition) is 8. The van der Waals surface area contributed by atoms with Crippen molar-refractivity contribution < 1.29 is 24.2 Å². The molecule has 35 heavy (non-hydrogen) atoms. The Kier molecular flexibility index (Phi) is 7.49. The van der Waals surface area contributed by atoms with Gasteiger partial charge >= 0.3 is 12.1 Å². The van der Waals surface area contributed by atoms with Gasteiger partial charge in [0.1, 0.15) is 18.5 Å². The standard InChI is InChI=1S/C25H35N5O5/c1-29(23(15-6-7-15)16-8-9-16)25(33)34-14-21(30(2)27)22(26)20-11-10-19(13-28-20)35-18-5-3-4-17(12-18)24(31)32/h4,10-11,13,15-16,18,23H,3,5-9,12,14,26-27H2,1-2H3,(H,31,32)/b22-21-. The Morgan fingerprint density at radius 1 is 1.17 bits per heavy atom. The van der Waals surface area contributed by atoms with Gasteiger partial charge in [0.15, 0.2) is 0 Å². The number of carboxylic acids is 1. The molecule has 2 saturated carbocycles. The monoisotopic (exact) mass is 485 g/mol. The molecule has 1 aromatic heterocycles. The highest BCUT2D eigenvalue weighted by molar-refractivity contribution is 5.86. The minimum absolute atomic E-state index is 0.0731. The number of allylic oxidation sites excluding steroid dienone is 1. The lowest BCUT2D eigenvalue weighted by Gasteiger charge is -2.28. The summed E-state index contributed by atoms with van der Waals surface area (Å²) in [6.07, 6.45) is 9.14. The first-order chi connectivity index (χ1) is 16.7. The van der Waals surface area contributed by atoms with E-state index in [1.54, 1.807) is 36.4 Å². The van der Waals surface area contributed by atoms with Crippen LogP contribution in [0, 0.1) is 11.8 Å². The zero-order valence-corrected chi connectivity index (χ0v) is 20.4. The summed E-state index contributed by atoms with van der Waals surface area (Å²) in [4.78, 5) is 30.1. The average molecular weight is 486 g/mol. The third-order valence-corrected chi connectivity index (χ3v) is 6.93. The fraction of sp³-hybridized carbons (Fsp3) is 0.560. The van der Waals surface area contributed by atoms with Crippen LogP contribution in [-0.4, -0.2) is 64.9 Å². The lowest BCUT2D eigenvalue weighted by molar-refractivity contribution is -0.133. The van der Waals surface area contributed by atoms with Crippen LogP contribution >= 0.6 is 0 Å². The van der Waals surface area contributed by atoms with Crippen molar-refractivity contribution in [3.63, 3.8) is 0 Å². The lowest BCUT2D eigenvalue weighted by atomic mass is 9.97. The molecule has 3 aliphatic rings. The number of aromatic nitrogens is 1. The molecule has 5 N–H and O–H groups in total. The highest BCUT2D eigenvalue weighted by atomic mass is 16.6. The Labute approximate surface area is 205 Å². The van der Waals surface area contributed by atoms with E-state index in [1.807, 2.05) is 7.05 Å². The van der Waals surface area contributed by atoms with Crippen molar-refractivity contribution in [3.8, 4) is 5.75 Å². The molecule has 0 spiro atoms. The maximum Gasteiger partial charge on any atom is 0.410 e. The van der Waals surface area contributed by atoms with Crippen molar-refractivity contribution in [3.05, 3.63) is 41.4 Å². The quantitative estimate of drug-likeness (QED) is 0.336. The number of rotatable bonds is 10. The molecular weight excluding hydrogens is 450 g/mol. The molecule has 2 fully saturated rings. The summed E-state index contributed by atoms with van der Waals surface area (Å²) < 4.78 is 11.5. The second kappa shape index (κ2) is 10.6. The summed E-state index contributed by atoms with van der Waals surface area (Å²) in [7, 11) is 3.44. The van der Waals surface area contributed by atoms with E-state index in [1.165, 1.54) is 30.7 Å². The Bertz CT molecular complexity index is 986. The van der Waals surface area contributed by atoms with E-state index in [9.17, 15) is 14.7 Å². The highest BCUT2D eigenvalue weighted by Crippen LogP contribution is 2.47. The lowest BCUT2D eigenvalue weighted by Crippen LogP contribution is -2.41. The number of amides is 1. The molecule has 10 nitrogen and oxygen atoms in total. The third-order valence-electron chi connectivity index (χ3n) is 6.93. The van der Waals surface area contributed by atoms with Crippen LogP contribution in [0.4, 0.5) is 4.79 Å². The van der Waals surface area contributed by atoms with Crippen molar-refractivity contribution in [2.45, 2.75) is 57.1 Å². The number of nitrogens with two attached hydrogens (primary N) is 2. The Hall–Kier alpha value is -3.27.